The zero-order valence-electron chi connectivity index (χ0n) is 17.7. The van der Waals surface area contributed by atoms with Gasteiger partial charge < -0.3 is 14.4 Å². The molecule has 0 bridgehead atoms. The van der Waals surface area contributed by atoms with E-state index in [0.717, 1.165) is 22.4 Å². The van der Waals surface area contributed by atoms with Gasteiger partial charge in [0.1, 0.15) is 0 Å². The number of hydrogen-bond acceptors (Lipinski definition) is 5. The van der Waals surface area contributed by atoms with Crippen LogP contribution < -0.4 is 4.90 Å². The van der Waals surface area contributed by atoms with E-state index in [9.17, 15) is 9.59 Å². The van der Waals surface area contributed by atoms with Gasteiger partial charge in [0.2, 0.25) is 0 Å². The Hall–Kier alpha value is -3.08. The van der Waals surface area contributed by atoms with Gasteiger partial charge in [-0.15, -0.1) is 0 Å². The lowest BCUT2D eigenvalue weighted by Gasteiger charge is -2.16. The van der Waals surface area contributed by atoms with Crippen molar-refractivity contribution < 1.29 is 19.1 Å². The average Bonchev–Trinajstić information content (AvgIpc) is 2.77. The summed E-state index contributed by atoms with van der Waals surface area (Å²) in [6.45, 7) is 0.531. The van der Waals surface area contributed by atoms with E-state index in [1.807, 2.05) is 44.4 Å². The Morgan fingerprint density at radius 3 is 2.43 bits per heavy atom. The minimum Gasteiger partial charge on any atom is -0.466 e. The molecule has 0 N–H and O–H groups in total. The normalized spacial score (nSPS) is 19.5. The topological polar surface area (TPSA) is 55.8 Å². The maximum absolute atomic E-state index is 12.7. The monoisotopic (exact) mass is 407 g/mol. The Balaban J connectivity index is 1.77. The maximum Gasteiger partial charge on any atom is 0.313 e. The number of carbonyl (C=O) groups is 2. The molecule has 0 aromatic heterocycles. The fourth-order valence-electron chi connectivity index (χ4n) is 3.38. The number of esters is 2. The summed E-state index contributed by atoms with van der Waals surface area (Å²) in [5.74, 6) is -0.816. The standard InChI is InChI=1S/C25H29NO4/c1-26(2)22-9-6-8-21(18-22)19-12-14-20(15-13-19)23-10-4-3-5-11-24(27)29-16-7-17-30-25(23)28/h3-4,6,8-9,12-15,18,23H,5,7,10-11,16-17H2,1-2H3/b4-3+. The van der Waals surface area contributed by atoms with E-state index < -0.39 is 0 Å². The van der Waals surface area contributed by atoms with Crippen molar-refractivity contribution in [2.45, 2.75) is 31.6 Å². The number of cyclic esters (lactones) is 2. The van der Waals surface area contributed by atoms with Crippen LogP contribution in [0.15, 0.2) is 60.7 Å². The summed E-state index contributed by atoms with van der Waals surface area (Å²) in [5.41, 5.74) is 4.31. The predicted octanol–water partition coefficient (Wildman–Crippen LogP) is 4.72. The number of rotatable bonds is 3. The number of ether oxygens (including phenoxy) is 2. The molecule has 1 atom stereocenters. The van der Waals surface area contributed by atoms with Crippen LogP contribution in [-0.2, 0) is 19.1 Å². The second-order valence-electron chi connectivity index (χ2n) is 7.61. The largest absolute Gasteiger partial charge is 0.466 e. The Bertz CT molecular complexity index is 886. The van der Waals surface area contributed by atoms with Gasteiger partial charge in [-0.3, -0.25) is 9.59 Å². The van der Waals surface area contributed by atoms with Gasteiger partial charge in [-0.2, -0.15) is 0 Å². The van der Waals surface area contributed by atoms with Crippen molar-refractivity contribution in [1.29, 1.82) is 0 Å². The molecule has 30 heavy (non-hydrogen) atoms. The molecule has 0 aliphatic carbocycles. The van der Waals surface area contributed by atoms with E-state index in [4.69, 9.17) is 9.47 Å². The molecule has 1 aliphatic rings. The summed E-state index contributed by atoms with van der Waals surface area (Å²) >= 11 is 0. The summed E-state index contributed by atoms with van der Waals surface area (Å²) in [7, 11) is 4.05. The highest BCUT2D eigenvalue weighted by Gasteiger charge is 2.21. The Labute approximate surface area is 178 Å². The number of anilines is 1. The lowest BCUT2D eigenvalue weighted by Crippen LogP contribution is -2.17. The highest BCUT2D eigenvalue weighted by atomic mass is 16.5. The minimum atomic E-state index is -0.360. The molecule has 1 heterocycles. The average molecular weight is 408 g/mol. The van der Waals surface area contributed by atoms with E-state index in [1.165, 1.54) is 0 Å². The van der Waals surface area contributed by atoms with E-state index in [2.05, 4.69) is 35.2 Å². The minimum absolute atomic E-state index is 0.212. The molecule has 5 heteroatoms. The molecule has 5 nitrogen and oxygen atoms in total. The second kappa shape index (κ2) is 10.6. The van der Waals surface area contributed by atoms with E-state index in [1.54, 1.807) is 0 Å². The molecule has 0 fully saturated rings. The Kier molecular flexibility index (Phi) is 7.66. The van der Waals surface area contributed by atoms with Crippen LogP contribution in [0, 0.1) is 0 Å². The fraction of sp³-hybridized carbons (Fsp3) is 0.360. The molecule has 0 spiro atoms. The molecule has 2 aromatic rings. The molecule has 2 aromatic carbocycles. The van der Waals surface area contributed by atoms with Crippen LogP contribution in [0.3, 0.4) is 0 Å². The molecular weight excluding hydrogens is 378 g/mol. The van der Waals surface area contributed by atoms with Crippen molar-refractivity contribution in [3.05, 3.63) is 66.2 Å². The third-order valence-corrected chi connectivity index (χ3v) is 5.14. The molecule has 0 radical (unpaired) electrons. The van der Waals surface area contributed by atoms with Crippen LogP contribution in [0.5, 0.6) is 0 Å². The van der Waals surface area contributed by atoms with Crippen LogP contribution in [-0.4, -0.2) is 39.2 Å². The highest BCUT2D eigenvalue weighted by Crippen LogP contribution is 2.28. The third-order valence-electron chi connectivity index (χ3n) is 5.14. The fourth-order valence-corrected chi connectivity index (χ4v) is 3.38. The van der Waals surface area contributed by atoms with Crippen LogP contribution in [0.4, 0.5) is 5.69 Å². The summed E-state index contributed by atoms with van der Waals surface area (Å²) in [4.78, 5) is 26.3. The van der Waals surface area contributed by atoms with Crippen molar-refractivity contribution in [2.75, 3.05) is 32.2 Å². The lowest BCUT2D eigenvalue weighted by atomic mass is 9.93. The first-order valence-electron chi connectivity index (χ1n) is 10.4. The van der Waals surface area contributed by atoms with Gasteiger partial charge in [0, 0.05) is 32.6 Å². The maximum atomic E-state index is 12.7. The lowest BCUT2D eigenvalue weighted by molar-refractivity contribution is -0.147. The second-order valence-corrected chi connectivity index (χ2v) is 7.61. The molecule has 1 aliphatic heterocycles. The number of allylic oxidation sites excluding steroid dienone is 2. The molecule has 3 rings (SSSR count). The van der Waals surface area contributed by atoms with Gasteiger partial charge in [-0.05, 0) is 41.7 Å². The zero-order chi connectivity index (χ0) is 21.3. The SMILES string of the molecule is CN(C)c1cccc(-c2ccc(C3C/C=C/CCC(=O)OCCCOC3=O)cc2)c1. The third kappa shape index (κ3) is 5.96. The van der Waals surface area contributed by atoms with Gasteiger partial charge in [0.05, 0.1) is 19.1 Å². The first kappa shape index (κ1) is 21.6. The zero-order valence-corrected chi connectivity index (χ0v) is 17.7. The predicted molar refractivity (Wildman–Crippen MR) is 118 cm³/mol. The van der Waals surface area contributed by atoms with Gasteiger partial charge >= 0.3 is 11.9 Å². The van der Waals surface area contributed by atoms with Crippen molar-refractivity contribution in [3.8, 4) is 11.1 Å². The Morgan fingerprint density at radius 1 is 0.900 bits per heavy atom. The molecule has 0 amide bonds. The summed E-state index contributed by atoms with van der Waals surface area (Å²) in [5, 5.41) is 0. The van der Waals surface area contributed by atoms with Crippen molar-refractivity contribution in [1.82, 2.24) is 0 Å². The van der Waals surface area contributed by atoms with Gasteiger partial charge in [-0.1, -0.05) is 48.6 Å². The van der Waals surface area contributed by atoms with E-state index >= 15 is 0 Å². The molecule has 1 unspecified atom stereocenters. The molecule has 0 saturated heterocycles. The molecule has 0 saturated carbocycles. The van der Waals surface area contributed by atoms with E-state index in [0.29, 0.717) is 25.7 Å². The van der Waals surface area contributed by atoms with E-state index in [-0.39, 0.29) is 31.1 Å². The summed E-state index contributed by atoms with van der Waals surface area (Å²) in [6, 6.07) is 16.5. The van der Waals surface area contributed by atoms with Gasteiger partial charge in [-0.25, -0.2) is 0 Å². The molecule has 158 valence electrons. The highest BCUT2D eigenvalue weighted by molar-refractivity contribution is 5.79. The number of nitrogens with zero attached hydrogens (tertiary/aromatic N) is 1. The first-order valence-corrected chi connectivity index (χ1v) is 10.4. The summed E-state index contributed by atoms with van der Waals surface area (Å²) < 4.78 is 10.6. The van der Waals surface area contributed by atoms with Crippen LogP contribution >= 0.6 is 0 Å². The number of hydrogen-bond donors (Lipinski definition) is 0. The van der Waals surface area contributed by atoms with Gasteiger partial charge in [0.15, 0.2) is 0 Å². The Morgan fingerprint density at radius 2 is 1.67 bits per heavy atom. The smallest absolute Gasteiger partial charge is 0.313 e. The summed E-state index contributed by atoms with van der Waals surface area (Å²) in [6.07, 6.45) is 5.91. The van der Waals surface area contributed by atoms with Crippen molar-refractivity contribution in [2.24, 2.45) is 0 Å². The number of benzene rings is 2. The van der Waals surface area contributed by atoms with Crippen LogP contribution in [0.1, 0.15) is 37.2 Å². The van der Waals surface area contributed by atoms with Crippen LogP contribution in [0.25, 0.3) is 11.1 Å². The molecular formula is C25H29NO4. The van der Waals surface area contributed by atoms with Gasteiger partial charge in [0.25, 0.3) is 0 Å². The number of carbonyl (C=O) groups excluding carboxylic acids is 2. The quantitative estimate of drug-likeness (QED) is 0.544. The van der Waals surface area contributed by atoms with Crippen molar-refractivity contribution >= 4 is 17.6 Å². The van der Waals surface area contributed by atoms with Crippen molar-refractivity contribution in [3.63, 3.8) is 0 Å². The first-order chi connectivity index (χ1) is 14.5. The van der Waals surface area contributed by atoms with Crippen LogP contribution in [0.2, 0.25) is 0 Å².